The molecule has 0 radical (unpaired) electrons. The first-order chi connectivity index (χ1) is 12.5. The molecule has 1 aliphatic heterocycles. The molecular weight excluding hydrogens is 334 g/mol. The summed E-state index contributed by atoms with van der Waals surface area (Å²) in [6, 6.07) is 6.47. The summed E-state index contributed by atoms with van der Waals surface area (Å²) in [5.74, 6) is 0.537. The van der Waals surface area contributed by atoms with Gasteiger partial charge in [0.25, 0.3) is 0 Å². The van der Waals surface area contributed by atoms with Crippen molar-refractivity contribution in [3.8, 4) is 5.75 Å². The van der Waals surface area contributed by atoms with E-state index >= 15 is 0 Å². The monoisotopic (exact) mass is 361 g/mol. The lowest BCUT2D eigenvalue weighted by Gasteiger charge is -2.29. The average molecular weight is 361 g/mol. The number of hydrogen-bond acceptors (Lipinski definition) is 4. The van der Waals surface area contributed by atoms with Crippen molar-refractivity contribution < 1.29 is 14.3 Å². The van der Waals surface area contributed by atoms with Crippen LogP contribution in [0.4, 0.5) is 0 Å². The summed E-state index contributed by atoms with van der Waals surface area (Å²) in [5, 5.41) is 5.62. The molecule has 1 aromatic carbocycles. The SMILES string of the molecule is CCOc1ccc(C[C@@H]2NC(=O)[C@H](CCCCN=C(N)N)NC2=O)cc1. The van der Waals surface area contributed by atoms with Crippen LogP contribution in [0.3, 0.4) is 0 Å². The van der Waals surface area contributed by atoms with E-state index in [1.54, 1.807) is 0 Å². The van der Waals surface area contributed by atoms with E-state index in [1.165, 1.54) is 0 Å². The van der Waals surface area contributed by atoms with Gasteiger partial charge >= 0.3 is 0 Å². The number of hydrogen-bond donors (Lipinski definition) is 4. The molecule has 2 rings (SSSR count). The fourth-order valence-electron chi connectivity index (χ4n) is 2.82. The Morgan fingerprint density at radius 2 is 1.73 bits per heavy atom. The molecule has 8 nitrogen and oxygen atoms in total. The van der Waals surface area contributed by atoms with Crippen LogP contribution in [0.1, 0.15) is 31.7 Å². The number of ether oxygens (including phenoxy) is 1. The number of piperazine rings is 1. The third kappa shape index (κ3) is 5.94. The fourth-order valence-corrected chi connectivity index (χ4v) is 2.82. The van der Waals surface area contributed by atoms with Gasteiger partial charge < -0.3 is 26.8 Å². The van der Waals surface area contributed by atoms with Crippen LogP contribution in [0.2, 0.25) is 0 Å². The van der Waals surface area contributed by atoms with E-state index in [-0.39, 0.29) is 17.8 Å². The van der Waals surface area contributed by atoms with Crippen LogP contribution in [-0.2, 0) is 16.0 Å². The Balaban J connectivity index is 1.81. The molecule has 1 fully saturated rings. The van der Waals surface area contributed by atoms with E-state index in [1.807, 2.05) is 31.2 Å². The lowest BCUT2D eigenvalue weighted by Crippen LogP contribution is -2.62. The standard InChI is InChI=1S/C18H27N5O3/c1-2-26-13-8-6-12(7-9-13)11-15-17(25)22-14(16(24)23-15)5-3-4-10-21-18(19)20/h6-9,14-15H,2-5,10-11H2,1H3,(H,22,25)(H,23,24)(H4,19,20,21)/t14-,15-/m0/s1. The number of nitrogens with zero attached hydrogens (tertiary/aromatic N) is 1. The van der Waals surface area contributed by atoms with Crippen LogP contribution in [0.5, 0.6) is 5.75 Å². The molecule has 0 spiro atoms. The molecular formula is C18H27N5O3. The zero-order valence-corrected chi connectivity index (χ0v) is 15.0. The van der Waals surface area contributed by atoms with Crippen LogP contribution in [-0.4, -0.2) is 43.0 Å². The van der Waals surface area contributed by atoms with Gasteiger partial charge in [-0.1, -0.05) is 12.1 Å². The van der Waals surface area contributed by atoms with E-state index in [4.69, 9.17) is 16.2 Å². The molecule has 142 valence electrons. The quantitative estimate of drug-likeness (QED) is 0.280. The number of benzene rings is 1. The molecule has 1 saturated heterocycles. The maximum atomic E-state index is 12.3. The van der Waals surface area contributed by atoms with Crippen LogP contribution in [0.15, 0.2) is 29.3 Å². The van der Waals surface area contributed by atoms with Gasteiger partial charge in [0.15, 0.2) is 5.96 Å². The summed E-state index contributed by atoms with van der Waals surface area (Å²) in [4.78, 5) is 28.4. The predicted molar refractivity (Wildman–Crippen MR) is 99.7 cm³/mol. The molecule has 0 aliphatic carbocycles. The van der Waals surface area contributed by atoms with Crippen molar-refractivity contribution in [2.24, 2.45) is 16.5 Å². The number of guanidine groups is 1. The Morgan fingerprint density at radius 1 is 1.08 bits per heavy atom. The predicted octanol–water partition coefficient (Wildman–Crippen LogP) is 0.0547. The second-order valence-electron chi connectivity index (χ2n) is 6.21. The van der Waals surface area contributed by atoms with Gasteiger partial charge in [-0.3, -0.25) is 14.6 Å². The number of nitrogens with one attached hydrogen (secondary N) is 2. The van der Waals surface area contributed by atoms with Crippen molar-refractivity contribution in [1.29, 1.82) is 0 Å². The van der Waals surface area contributed by atoms with Crippen molar-refractivity contribution in [1.82, 2.24) is 10.6 Å². The van der Waals surface area contributed by atoms with Gasteiger partial charge in [-0.25, -0.2) is 0 Å². The molecule has 0 saturated carbocycles. The van der Waals surface area contributed by atoms with Gasteiger partial charge in [0.1, 0.15) is 17.8 Å². The summed E-state index contributed by atoms with van der Waals surface area (Å²) >= 11 is 0. The average Bonchev–Trinajstić information content (AvgIpc) is 2.60. The number of amides is 2. The third-order valence-corrected chi connectivity index (χ3v) is 4.14. The minimum Gasteiger partial charge on any atom is -0.494 e. The summed E-state index contributed by atoms with van der Waals surface area (Å²) in [6.07, 6.45) is 2.51. The Labute approximate surface area is 153 Å². The van der Waals surface area contributed by atoms with Crippen molar-refractivity contribution in [3.05, 3.63) is 29.8 Å². The molecule has 2 atom stereocenters. The van der Waals surface area contributed by atoms with E-state index in [0.717, 1.165) is 24.2 Å². The topological polar surface area (TPSA) is 132 Å². The molecule has 26 heavy (non-hydrogen) atoms. The number of aliphatic imine (C=N–C) groups is 1. The van der Waals surface area contributed by atoms with E-state index in [2.05, 4.69) is 15.6 Å². The number of carbonyl (C=O) groups is 2. The maximum absolute atomic E-state index is 12.3. The molecule has 0 aromatic heterocycles. The van der Waals surface area contributed by atoms with Gasteiger partial charge in [-0.2, -0.15) is 0 Å². The number of nitrogens with two attached hydrogens (primary N) is 2. The number of unbranched alkanes of at least 4 members (excludes halogenated alkanes) is 1. The minimum atomic E-state index is -0.557. The molecule has 1 aromatic rings. The van der Waals surface area contributed by atoms with Crippen molar-refractivity contribution >= 4 is 17.8 Å². The summed E-state index contributed by atoms with van der Waals surface area (Å²) in [5.41, 5.74) is 11.5. The normalized spacial score (nSPS) is 19.4. The van der Waals surface area contributed by atoms with Crippen molar-refractivity contribution in [2.75, 3.05) is 13.2 Å². The molecule has 6 N–H and O–H groups in total. The van der Waals surface area contributed by atoms with Gasteiger partial charge in [0.2, 0.25) is 11.8 Å². The minimum absolute atomic E-state index is 0.0610. The summed E-state index contributed by atoms with van der Waals surface area (Å²) < 4.78 is 5.40. The molecule has 1 aliphatic rings. The lowest BCUT2D eigenvalue weighted by molar-refractivity contribution is -0.136. The summed E-state index contributed by atoms with van der Waals surface area (Å²) in [7, 11) is 0. The highest BCUT2D eigenvalue weighted by atomic mass is 16.5. The van der Waals surface area contributed by atoms with Crippen molar-refractivity contribution in [3.63, 3.8) is 0 Å². The Hall–Kier alpha value is -2.77. The fraction of sp³-hybridized carbons (Fsp3) is 0.500. The number of rotatable bonds is 9. The molecule has 1 heterocycles. The van der Waals surface area contributed by atoms with Crippen LogP contribution < -0.4 is 26.8 Å². The molecule has 0 bridgehead atoms. The molecule has 2 amide bonds. The van der Waals surface area contributed by atoms with Gasteiger partial charge in [0.05, 0.1) is 6.61 Å². The van der Waals surface area contributed by atoms with Gasteiger partial charge in [0, 0.05) is 13.0 Å². The second-order valence-corrected chi connectivity index (χ2v) is 6.21. The Morgan fingerprint density at radius 3 is 2.38 bits per heavy atom. The van der Waals surface area contributed by atoms with Crippen LogP contribution in [0, 0.1) is 0 Å². The maximum Gasteiger partial charge on any atom is 0.243 e. The van der Waals surface area contributed by atoms with E-state index < -0.39 is 12.1 Å². The lowest BCUT2D eigenvalue weighted by atomic mass is 10.00. The smallest absolute Gasteiger partial charge is 0.243 e. The summed E-state index contributed by atoms with van der Waals surface area (Å²) in [6.45, 7) is 3.05. The highest BCUT2D eigenvalue weighted by Crippen LogP contribution is 2.15. The highest BCUT2D eigenvalue weighted by Gasteiger charge is 2.33. The first-order valence-electron chi connectivity index (χ1n) is 8.87. The van der Waals surface area contributed by atoms with Crippen molar-refractivity contribution in [2.45, 2.75) is 44.7 Å². The highest BCUT2D eigenvalue weighted by molar-refractivity contribution is 5.97. The first kappa shape index (κ1) is 19.6. The zero-order chi connectivity index (χ0) is 18.9. The molecule has 0 unspecified atom stereocenters. The van der Waals surface area contributed by atoms with Gasteiger partial charge in [-0.05, 0) is 43.9 Å². The molecule has 8 heteroatoms. The first-order valence-corrected chi connectivity index (χ1v) is 8.87. The Kier molecular flexibility index (Phi) is 7.25. The van der Waals surface area contributed by atoms with Gasteiger partial charge in [-0.15, -0.1) is 0 Å². The Bertz CT molecular complexity index is 641. The number of carbonyl (C=O) groups excluding carboxylic acids is 2. The van der Waals surface area contributed by atoms with E-state index in [9.17, 15) is 9.59 Å². The zero-order valence-electron chi connectivity index (χ0n) is 15.0. The second kappa shape index (κ2) is 9.65. The van der Waals surface area contributed by atoms with Crippen LogP contribution in [0.25, 0.3) is 0 Å². The van der Waals surface area contributed by atoms with E-state index in [0.29, 0.717) is 26.0 Å². The largest absolute Gasteiger partial charge is 0.494 e. The third-order valence-electron chi connectivity index (χ3n) is 4.14. The van der Waals surface area contributed by atoms with Crippen LogP contribution >= 0.6 is 0 Å².